The summed E-state index contributed by atoms with van der Waals surface area (Å²) in [6.07, 6.45) is 0. The van der Waals surface area contributed by atoms with E-state index in [4.69, 9.17) is 8.83 Å². The second-order valence-corrected chi connectivity index (χ2v) is 5.82. The Hall–Kier alpha value is -2.33. The van der Waals surface area contributed by atoms with Gasteiger partial charge in [0.2, 0.25) is 0 Å². The van der Waals surface area contributed by atoms with E-state index >= 15 is 0 Å². The standard InChI is InChI=1S/C16H10O3S/c17-20(15-9-11-5-1-3-7-13(11)18-15)16-10-12-6-2-4-8-14(12)19-16/h1-10H. The topological polar surface area (TPSA) is 43.4 Å². The third kappa shape index (κ3) is 1.77. The lowest BCUT2D eigenvalue weighted by molar-refractivity contribution is 0.474. The van der Waals surface area contributed by atoms with Crippen LogP contribution in [0.5, 0.6) is 0 Å². The Kier molecular flexibility index (Phi) is 2.50. The lowest BCUT2D eigenvalue weighted by atomic mass is 10.3. The molecule has 0 radical (unpaired) electrons. The monoisotopic (exact) mass is 282 g/mol. The Labute approximate surface area is 117 Å². The molecule has 0 aliphatic carbocycles. The van der Waals surface area contributed by atoms with E-state index in [-0.39, 0.29) is 0 Å². The van der Waals surface area contributed by atoms with E-state index in [1.54, 1.807) is 12.1 Å². The molecule has 0 amide bonds. The van der Waals surface area contributed by atoms with Gasteiger partial charge in [-0.2, -0.15) is 0 Å². The van der Waals surface area contributed by atoms with Crippen LogP contribution in [0.4, 0.5) is 0 Å². The van der Waals surface area contributed by atoms with E-state index in [9.17, 15) is 4.21 Å². The average Bonchev–Trinajstić information content (AvgIpc) is 3.10. The van der Waals surface area contributed by atoms with Crippen LogP contribution in [0.3, 0.4) is 0 Å². The van der Waals surface area contributed by atoms with Crippen molar-refractivity contribution in [1.82, 2.24) is 0 Å². The first-order valence-electron chi connectivity index (χ1n) is 6.20. The largest absolute Gasteiger partial charge is 0.447 e. The van der Waals surface area contributed by atoms with Crippen molar-refractivity contribution in [1.29, 1.82) is 0 Å². The fourth-order valence-electron chi connectivity index (χ4n) is 2.20. The molecular weight excluding hydrogens is 272 g/mol. The predicted molar refractivity (Wildman–Crippen MR) is 77.1 cm³/mol. The molecule has 0 fully saturated rings. The van der Waals surface area contributed by atoms with Gasteiger partial charge in [-0.15, -0.1) is 0 Å². The summed E-state index contributed by atoms with van der Waals surface area (Å²) in [5.74, 6) is 0. The highest BCUT2D eigenvalue weighted by atomic mass is 32.2. The van der Waals surface area contributed by atoms with Crippen LogP contribution in [0.2, 0.25) is 0 Å². The number of rotatable bonds is 2. The van der Waals surface area contributed by atoms with Crippen molar-refractivity contribution in [2.45, 2.75) is 10.2 Å². The summed E-state index contributed by atoms with van der Waals surface area (Å²) in [6.45, 7) is 0. The predicted octanol–water partition coefficient (Wildman–Crippen LogP) is 4.35. The molecule has 2 heterocycles. The Morgan fingerprint density at radius 2 is 1.15 bits per heavy atom. The number of hydrogen-bond donors (Lipinski definition) is 0. The lowest BCUT2D eigenvalue weighted by Crippen LogP contribution is -1.86. The van der Waals surface area contributed by atoms with Gasteiger partial charge in [0.25, 0.3) is 0 Å². The maximum atomic E-state index is 12.5. The van der Waals surface area contributed by atoms with Crippen LogP contribution in [-0.2, 0) is 10.8 Å². The number of para-hydroxylation sites is 2. The van der Waals surface area contributed by atoms with Crippen LogP contribution in [0.1, 0.15) is 0 Å². The molecule has 4 heteroatoms. The van der Waals surface area contributed by atoms with Crippen molar-refractivity contribution < 1.29 is 13.0 Å². The van der Waals surface area contributed by atoms with Crippen LogP contribution in [0, 0.1) is 0 Å². The first-order valence-corrected chi connectivity index (χ1v) is 7.35. The second-order valence-electron chi connectivity index (χ2n) is 4.48. The maximum absolute atomic E-state index is 12.5. The molecule has 4 rings (SSSR count). The Bertz CT molecular complexity index is 791. The Morgan fingerprint density at radius 3 is 1.60 bits per heavy atom. The summed E-state index contributed by atoms with van der Waals surface area (Å²) in [7, 11) is -1.45. The zero-order chi connectivity index (χ0) is 13.5. The van der Waals surface area contributed by atoms with E-state index in [2.05, 4.69) is 0 Å². The molecule has 2 aromatic heterocycles. The van der Waals surface area contributed by atoms with Gasteiger partial charge in [-0.3, -0.25) is 0 Å². The van der Waals surface area contributed by atoms with Crippen molar-refractivity contribution in [2.75, 3.05) is 0 Å². The molecule has 0 saturated heterocycles. The van der Waals surface area contributed by atoms with Gasteiger partial charge in [0.1, 0.15) is 11.2 Å². The first kappa shape index (κ1) is 11.5. The van der Waals surface area contributed by atoms with E-state index in [1.807, 2.05) is 48.5 Å². The zero-order valence-corrected chi connectivity index (χ0v) is 11.2. The molecule has 20 heavy (non-hydrogen) atoms. The van der Waals surface area contributed by atoms with Crippen molar-refractivity contribution in [3.63, 3.8) is 0 Å². The van der Waals surface area contributed by atoms with Gasteiger partial charge in [-0.1, -0.05) is 36.4 Å². The minimum absolute atomic E-state index is 0.408. The Morgan fingerprint density at radius 1 is 0.700 bits per heavy atom. The highest BCUT2D eigenvalue weighted by Crippen LogP contribution is 2.28. The molecule has 3 nitrogen and oxygen atoms in total. The molecule has 98 valence electrons. The van der Waals surface area contributed by atoms with Gasteiger partial charge in [0.05, 0.1) is 0 Å². The van der Waals surface area contributed by atoms with Gasteiger partial charge in [0.15, 0.2) is 21.0 Å². The molecule has 0 N–H and O–H groups in total. The van der Waals surface area contributed by atoms with Crippen LogP contribution in [-0.4, -0.2) is 4.21 Å². The first-order chi connectivity index (χ1) is 9.81. The van der Waals surface area contributed by atoms with Gasteiger partial charge < -0.3 is 8.83 Å². The van der Waals surface area contributed by atoms with Crippen molar-refractivity contribution in [3.05, 3.63) is 60.7 Å². The molecule has 2 aromatic carbocycles. The molecule has 4 aromatic rings. The van der Waals surface area contributed by atoms with Crippen LogP contribution >= 0.6 is 0 Å². The van der Waals surface area contributed by atoms with Crippen molar-refractivity contribution in [2.24, 2.45) is 0 Å². The van der Waals surface area contributed by atoms with E-state index in [1.165, 1.54) is 0 Å². The summed E-state index contributed by atoms with van der Waals surface area (Å²) in [5, 5.41) is 2.69. The lowest BCUT2D eigenvalue weighted by Gasteiger charge is -1.91. The third-order valence-electron chi connectivity index (χ3n) is 3.17. The van der Waals surface area contributed by atoms with Gasteiger partial charge >= 0.3 is 0 Å². The number of furan rings is 2. The van der Waals surface area contributed by atoms with E-state index in [0.717, 1.165) is 21.9 Å². The van der Waals surface area contributed by atoms with Crippen LogP contribution in [0.15, 0.2) is 79.7 Å². The van der Waals surface area contributed by atoms with Crippen molar-refractivity contribution >= 4 is 32.7 Å². The number of hydrogen-bond acceptors (Lipinski definition) is 3. The SMILES string of the molecule is O=S(c1cc2ccccc2o1)c1cc2ccccc2o1. The van der Waals surface area contributed by atoms with Crippen LogP contribution < -0.4 is 0 Å². The molecule has 0 spiro atoms. The minimum atomic E-state index is -1.45. The summed E-state index contributed by atoms with van der Waals surface area (Å²) < 4.78 is 23.7. The number of benzene rings is 2. The number of fused-ring (bicyclic) bond motifs is 2. The van der Waals surface area contributed by atoms with Gasteiger partial charge in [0, 0.05) is 22.9 Å². The fraction of sp³-hybridized carbons (Fsp3) is 0. The normalized spacial score (nSPS) is 11.7. The smallest absolute Gasteiger partial charge is 0.199 e. The van der Waals surface area contributed by atoms with Crippen molar-refractivity contribution in [3.8, 4) is 0 Å². The van der Waals surface area contributed by atoms with Gasteiger partial charge in [-0.25, -0.2) is 4.21 Å². The van der Waals surface area contributed by atoms with Gasteiger partial charge in [-0.05, 0) is 12.1 Å². The summed E-state index contributed by atoms with van der Waals surface area (Å²) in [6, 6.07) is 18.8. The van der Waals surface area contributed by atoms with Crippen LogP contribution in [0.25, 0.3) is 21.9 Å². The molecule has 0 aliphatic heterocycles. The molecule has 0 aliphatic rings. The Balaban J connectivity index is 1.82. The maximum Gasteiger partial charge on any atom is 0.199 e. The minimum Gasteiger partial charge on any atom is -0.447 e. The highest BCUT2D eigenvalue weighted by molar-refractivity contribution is 7.84. The zero-order valence-electron chi connectivity index (χ0n) is 10.4. The average molecular weight is 282 g/mol. The third-order valence-corrected chi connectivity index (χ3v) is 4.30. The summed E-state index contributed by atoms with van der Waals surface area (Å²) >= 11 is 0. The molecule has 0 bridgehead atoms. The molecule has 0 saturated carbocycles. The fourth-order valence-corrected chi connectivity index (χ4v) is 3.19. The molecule has 0 unspecified atom stereocenters. The van der Waals surface area contributed by atoms with E-state index in [0.29, 0.717) is 10.2 Å². The summed E-state index contributed by atoms with van der Waals surface area (Å²) in [4.78, 5) is 0. The second kappa shape index (κ2) is 4.35. The molecule has 0 atom stereocenters. The highest BCUT2D eigenvalue weighted by Gasteiger charge is 2.17. The summed E-state index contributed by atoms with van der Waals surface area (Å²) in [5.41, 5.74) is 1.46. The quantitative estimate of drug-likeness (QED) is 0.549. The van der Waals surface area contributed by atoms with E-state index < -0.39 is 10.8 Å². The molecular formula is C16H10O3S.